The van der Waals surface area contributed by atoms with Gasteiger partial charge >= 0.3 is 6.03 Å². The van der Waals surface area contributed by atoms with E-state index in [9.17, 15) is 22.4 Å². The van der Waals surface area contributed by atoms with Crippen molar-refractivity contribution in [1.29, 1.82) is 0 Å². The number of carbonyl (C=O) groups is 2. The Kier molecular flexibility index (Phi) is 5.09. The number of nitrogens with one attached hydrogen (secondary N) is 3. The molecule has 1 aliphatic heterocycles. The summed E-state index contributed by atoms with van der Waals surface area (Å²) in [5.41, 5.74) is -1.41. The van der Waals surface area contributed by atoms with Crippen LogP contribution in [-0.2, 0) is 14.8 Å². The van der Waals surface area contributed by atoms with Gasteiger partial charge in [-0.25, -0.2) is 22.3 Å². The normalized spacial score (nSPS) is 20.4. The Morgan fingerprint density at radius 2 is 1.57 bits per heavy atom. The molecule has 0 unspecified atom stereocenters. The molecule has 1 heterocycles. The molecular formula is C18H18FN3O5S. The molecule has 2 aromatic carbocycles. The van der Waals surface area contributed by atoms with E-state index in [1.165, 1.54) is 62.4 Å². The third-order valence-corrected chi connectivity index (χ3v) is 6.01. The summed E-state index contributed by atoms with van der Waals surface area (Å²) in [6.07, 6.45) is 0. The van der Waals surface area contributed by atoms with E-state index in [0.29, 0.717) is 11.5 Å². The Hall–Kier alpha value is -2.98. The topological polar surface area (TPSA) is 114 Å². The summed E-state index contributed by atoms with van der Waals surface area (Å²) in [7, 11) is -3.96. The van der Waals surface area contributed by atoms with Gasteiger partial charge in [0.15, 0.2) is 0 Å². The van der Waals surface area contributed by atoms with Crippen LogP contribution in [-0.4, -0.2) is 31.9 Å². The van der Waals surface area contributed by atoms with Crippen LogP contribution in [0, 0.1) is 5.82 Å². The Balaban J connectivity index is 1.72. The highest BCUT2D eigenvalue weighted by Crippen LogP contribution is 2.24. The minimum atomic E-state index is -3.96. The number of hydrogen-bond donors (Lipinski definition) is 3. The van der Waals surface area contributed by atoms with Gasteiger partial charge in [0.2, 0.25) is 10.0 Å². The van der Waals surface area contributed by atoms with Crippen LogP contribution >= 0.6 is 0 Å². The molecule has 0 radical (unpaired) electrons. The monoisotopic (exact) mass is 407 g/mol. The van der Waals surface area contributed by atoms with Crippen molar-refractivity contribution in [3.05, 3.63) is 54.3 Å². The van der Waals surface area contributed by atoms with Gasteiger partial charge in [-0.15, -0.1) is 0 Å². The number of benzene rings is 2. The number of ether oxygens (including phenoxy) is 1. The highest BCUT2D eigenvalue weighted by molar-refractivity contribution is 7.89. The van der Waals surface area contributed by atoms with E-state index >= 15 is 0 Å². The molecule has 3 N–H and O–H groups in total. The molecular weight excluding hydrogens is 389 g/mol. The second kappa shape index (κ2) is 7.21. The molecule has 10 heteroatoms. The molecule has 1 saturated heterocycles. The van der Waals surface area contributed by atoms with Gasteiger partial charge in [0.25, 0.3) is 5.91 Å². The van der Waals surface area contributed by atoms with E-state index in [2.05, 4.69) is 15.4 Å². The van der Waals surface area contributed by atoms with Gasteiger partial charge in [0, 0.05) is 0 Å². The van der Waals surface area contributed by atoms with Gasteiger partial charge in [0.05, 0.1) is 10.9 Å². The molecule has 0 aromatic heterocycles. The average molecular weight is 407 g/mol. The molecule has 28 heavy (non-hydrogen) atoms. The molecule has 1 fully saturated rings. The summed E-state index contributed by atoms with van der Waals surface area (Å²) < 4.78 is 46.0. The number of urea groups is 1. The molecule has 0 bridgehead atoms. The van der Waals surface area contributed by atoms with E-state index in [1.54, 1.807) is 0 Å². The number of halogens is 1. The predicted molar refractivity (Wildman–Crippen MR) is 97.8 cm³/mol. The molecule has 0 saturated carbocycles. The predicted octanol–water partition coefficient (Wildman–Crippen LogP) is 1.88. The maximum atomic E-state index is 12.9. The first-order chi connectivity index (χ1) is 13.1. The van der Waals surface area contributed by atoms with Crippen molar-refractivity contribution in [3.63, 3.8) is 0 Å². The van der Waals surface area contributed by atoms with Crippen LogP contribution in [0.3, 0.4) is 0 Å². The van der Waals surface area contributed by atoms with Crippen LogP contribution < -0.4 is 20.1 Å². The van der Waals surface area contributed by atoms with Crippen LogP contribution in [0.25, 0.3) is 0 Å². The van der Waals surface area contributed by atoms with Crippen molar-refractivity contribution in [2.24, 2.45) is 0 Å². The summed E-state index contributed by atoms with van der Waals surface area (Å²) in [6.45, 7) is 2.91. The van der Waals surface area contributed by atoms with Gasteiger partial charge in [-0.2, -0.15) is 0 Å². The number of carbonyl (C=O) groups excluding carboxylic acids is 2. The minimum Gasteiger partial charge on any atom is -0.457 e. The number of rotatable bonds is 6. The maximum absolute atomic E-state index is 12.9. The van der Waals surface area contributed by atoms with Crippen molar-refractivity contribution in [3.8, 4) is 11.5 Å². The lowest BCUT2D eigenvalue weighted by Gasteiger charge is -2.28. The van der Waals surface area contributed by atoms with Crippen molar-refractivity contribution in [2.75, 3.05) is 0 Å². The van der Waals surface area contributed by atoms with E-state index in [0.717, 1.165) is 0 Å². The largest absolute Gasteiger partial charge is 0.457 e. The zero-order valence-electron chi connectivity index (χ0n) is 15.0. The number of imide groups is 1. The molecule has 2 aromatic rings. The van der Waals surface area contributed by atoms with Gasteiger partial charge in [0.1, 0.15) is 22.9 Å². The second-order valence-electron chi connectivity index (χ2n) is 6.48. The minimum absolute atomic E-state index is 0.0425. The van der Waals surface area contributed by atoms with E-state index in [1.807, 2.05) is 0 Å². The lowest BCUT2D eigenvalue weighted by Crippen LogP contribution is -2.59. The zero-order chi connectivity index (χ0) is 20.5. The number of sulfonamides is 1. The average Bonchev–Trinajstić information content (AvgIpc) is 2.90. The van der Waals surface area contributed by atoms with Crippen LogP contribution in [0.5, 0.6) is 11.5 Å². The number of hydrogen-bond acceptors (Lipinski definition) is 5. The SMILES string of the molecule is C[C@@H](NS(=O)(=O)c1ccc(Oc2ccc(F)cc2)cc1)[C@@]1(C)NC(=O)NC1=O. The van der Waals surface area contributed by atoms with Crippen molar-refractivity contribution < 1.29 is 27.1 Å². The molecule has 3 amide bonds. The molecule has 1 aliphatic rings. The maximum Gasteiger partial charge on any atom is 0.322 e. The van der Waals surface area contributed by atoms with E-state index in [-0.39, 0.29) is 4.90 Å². The summed E-state index contributed by atoms with van der Waals surface area (Å²) in [4.78, 5) is 23.3. The lowest BCUT2D eigenvalue weighted by atomic mass is 9.95. The molecule has 8 nitrogen and oxygen atoms in total. The third kappa shape index (κ3) is 3.97. The fraction of sp³-hybridized carbons (Fsp3) is 0.222. The number of amides is 3. The summed E-state index contributed by atoms with van der Waals surface area (Å²) in [6, 6.07) is 9.39. The van der Waals surface area contributed by atoms with Crippen LogP contribution in [0.1, 0.15) is 13.8 Å². The molecule has 2 atom stereocenters. The molecule has 3 rings (SSSR count). The molecule has 148 valence electrons. The fourth-order valence-electron chi connectivity index (χ4n) is 2.61. The van der Waals surface area contributed by atoms with Crippen molar-refractivity contribution >= 4 is 22.0 Å². The van der Waals surface area contributed by atoms with Gasteiger partial charge in [-0.05, 0) is 62.4 Å². The van der Waals surface area contributed by atoms with Crippen LogP contribution in [0.15, 0.2) is 53.4 Å². The Bertz CT molecular complexity index is 1010. The van der Waals surface area contributed by atoms with Crippen LogP contribution in [0.4, 0.5) is 9.18 Å². The van der Waals surface area contributed by atoms with Gasteiger partial charge in [-0.1, -0.05) is 0 Å². The first kappa shape index (κ1) is 19.8. The second-order valence-corrected chi connectivity index (χ2v) is 8.19. The third-order valence-electron chi connectivity index (χ3n) is 4.45. The Morgan fingerprint density at radius 3 is 2.07 bits per heavy atom. The van der Waals surface area contributed by atoms with E-state index < -0.39 is 39.4 Å². The summed E-state index contributed by atoms with van der Waals surface area (Å²) in [5, 5.41) is 4.51. The van der Waals surface area contributed by atoms with Gasteiger partial charge < -0.3 is 10.1 Å². The van der Waals surface area contributed by atoms with Gasteiger partial charge in [-0.3, -0.25) is 10.1 Å². The van der Waals surface area contributed by atoms with E-state index in [4.69, 9.17) is 4.74 Å². The summed E-state index contributed by atoms with van der Waals surface area (Å²) in [5.74, 6) is -0.238. The summed E-state index contributed by atoms with van der Waals surface area (Å²) >= 11 is 0. The van der Waals surface area contributed by atoms with Crippen LogP contribution in [0.2, 0.25) is 0 Å². The molecule has 0 aliphatic carbocycles. The Labute approximate surface area is 161 Å². The molecule has 0 spiro atoms. The standard InChI is InChI=1S/C18H18FN3O5S/c1-11(18(2)16(23)20-17(24)21-18)22-28(25,26)15-9-7-14(8-10-15)27-13-5-3-12(19)4-6-13/h3-11,22H,1-2H3,(H2,20,21,23,24)/t11-,18-/m1/s1. The first-order valence-corrected chi connectivity index (χ1v) is 9.78. The smallest absolute Gasteiger partial charge is 0.322 e. The first-order valence-electron chi connectivity index (χ1n) is 8.29. The quantitative estimate of drug-likeness (QED) is 0.633. The zero-order valence-corrected chi connectivity index (χ0v) is 15.8. The lowest BCUT2D eigenvalue weighted by molar-refractivity contribution is -0.124. The highest BCUT2D eigenvalue weighted by atomic mass is 32.2. The fourth-order valence-corrected chi connectivity index (χ4v) is 3.94. The Morgan fingerprint density at radius 1 is 1.04 bits per heavy atom. The highest BCUT2D eigenvalue weighted by Gasteiger charge is 2.47. The van der Waals surface area contributed by atoms with Crippen molar-refractivity contribution in [1.82, 2.24) is 15.4 Å². The van der Waals surface area contributed by atoms with Crippen molar-refractivity contribution in [2.45, 2.75) is 30.3 Å².